The Labute approximate surface area is 115 Å². The highest BCUT2D eigenvalue weighted by Gasteiger charge is 2.08. The minimum atomic E-state index is -0.410. The van der Waals surface area contributed by atoms with Crippen molar-refractivity contribution in [3.05, 3.63) is 29.8 Å². The minimum Gasteiger partial charge on any atom is -0.388 e. The highest BCUT2D eigenvalue weighted by Crippen LogP contribution is 2.20. The van der Waals surface area contributed by atoms with E-state index in [1.165, 1.54) is 0 Å². The maximum absolute atomic E-state index is 11.6. The smallest absolute Gasteiger partial charge is 0.239 e. The van der Waals surface area contributed by atoms with Crippen LogP contribution in [0.1, 0.15) is 38.4 Å². The Hall–Kier alpha value is -1.55. The number of hydrogen-bond donors (Lipinski definition) is 2. The van der Waals surface area contributed by atoms with Gasteiger partial charge in [-0.25, -0.2) is 0 Å². The van der Waals surface area contributed by atoms with E-state index >= 15 is 0 Å². The molecule has 0 radical (unpaired) electrons. The highest BCUT2D eigenvalue weighted by atomic mass is 16.3. The number of benzene rings is 1. The third-order valence-corrected chi connectivity index (χ3v) is 3.06. The fourth-order valence-corrected chi connectivity index (χ4v) is 1.81. The van der Waals surface area contributed by atoms with E-state index in [2.05, 4.69) is 5.32 Å². The second kappa shape index (κ2) is 7.79. The van der Waals surface area contributed by atoms with Crippen LogP contribution in [0, 0.1) is 0 Å². The molecule has 19 heavy (non-hydrogen) atoms. The molecule has 4 nitrogen and oxygen atoms in total. The number of aliphatic hydroxyl groups excluding tert-OH is 1. The molecule has 1 aromatic carbocycles. The van der Waals surface area contributed by atoms with E-state index in [4.69, 9.17) is 0 Å². The first-order valence-corrected chi connectivity index (χ1v) is 6.84. The molecule has 0 aliphatic rings. The molecule has 2 N–H and O–H groups in total. The summed E-state index contributed by atoms with van der Waals surface area (Å²) < 4.78 is 0. The lowest BCUT2D eigenvalue weighted by Crippen LogP contribution is -2.35. The standard InChI is InChI=1S/C15H24N2O2/c1-4-10-16-15(19)11-17(3)13-8-6-12(7-9-13)14(18)5-2/h6-9,14,18H,4-5,10-11H2,1-3H3,(H,16,19)/t14-/m1/s1. The molecular weight excluding hydrogens is 240 g/mol. The molecule has 0 aliphatic carbocycles. The highest BCUT2D eigenvalue weighted by molar-refractivity contribution is 5.81. The van der Waals surface area contributed by atoms with Gasteiger partial charge in [0.2, 0.25) is 5.91 Å². The van der Waals surface area contributed by atoms with Crippen molar-refractivity contribution < 1.29 is 9.90 Å². The summed E-state index contributed by atoms with van der Waals surface area (Å²) >= 11 is 0. The van der Waals surface area contributed by atoms with E-state index < -0.39 is 6.10 Å². The minimum absolute atomic E-state index is 0.0296. The SMILES string of the molecule is CCCNC(=O)CN(C)c1ccc([C@H](O)CC)cc1. The van der Waals surface area contributed by atoms with Crippen molar-refractivity contribution in [1.29, 1.82) is 0 Å². The van der Waals surface area contributed by atoms with Gasteiger partial charge in [0.15, 0.2) is 0 Å². The van der Waals surface area contributed by atoms with E-state index in [1.54, 1.807) is 0 Å². The van der Waals surface area contributed by atoms with Gasteiger partial charge in [0.05, 0.1) is 12.6 Å². The molecule has 0 heterocycles. The quantitative estimate of drug-likeness (QED) is 0.793. The fraction of sp³-hybridized carbons (Fsp3) is 0.533. The molecule has 0 saturated carbocycles. The number of nitrogens with zero attached hydrogens (tertiary/aromatic N) is 1. The molecule has 1 aromatic rings. The Morgan fingerprint density at radius 1 is 1.32 bits per heavy atom. The number of rotatable bonds is 7. The summed E-state index contributed by atoms with van der Waals surface area (Å²) in [6.07, 6.45) is 1.24. The summed E-state index contributed by atoms with van der Waals surface area (Å²) in [5, 5.41) is 12.6. The van der Waals surface area contributed by atoms with Crippen molar-refractivity contribution >= 4 is 11.6 Å². The predicted octanol–water partition coefficient (Wildman–Crippen LogP) is 2.09. The third-order valence-electron chi connectivity index (χ3n) is 3.06. The average molecular weight is 264 g/mol. The van der Waals surface area contributed by atoms with Gasteiger partial charge in [0.25, 0.3) is 0 Å². The van der Waals surface area contributed by atoms with Gasteiger partial charge in [-0.15, -0.1) is 0 Å². The van der Waals surface area contributed by atoms with Crippen LogP contribution in [0.4, 0.5) is 5.69 Å². The predicted molar refractivity (Wildman–Crippen MR) is 78.3 cm³/mol. The normalized spacial score (nSPS) is 12.0. The van der Waals surface area contributed by atoms with Gasteiger partial charge >= 0.3 is 0 Å². The summed E-state index contributed by atoms with van der Waals surface area (Å²) in [5.41, 5.74) is 1.88. The second-order valence-electron chi connectivity index (χ2n) is 4.72. The van der Waals surface area contributed by atoms with Crippen LogP contribution in [0.15, 0.2) is 24.3 Å². The van der Waals surface area contributed by atoms with Crippen LogP contribution in [0.25, 0.3) is 0 Å². The molecule has 0 aliphatic heterocycles. The van der Waals surface area contributed by atoms with Crippen LogP contribution in [-0.4, -0.2) is 31.2 Å². The number of amides is 1. The van der Waals surface area contributed by atoms with Crippen molar-refractivity contribution in [1.82, 2.24) is 5.32 Å². The van der Waals surface area contributed by atoms with Crippen LogP contribution in [0.5, 0.6) is 0 Å². The van der Waals surface area contributed by atoms with Gasteiger partial charge < -0.3 is 15.3 Å². The Morgan fingerprint density at radius 3 is 2.47 bits per heavy atom. The fourth-order valence-electron chi connectivity index (χ4n) is 1.81. The van der Waals surface area contributed by atoms with Crippen LogP contribution >= 0.6 is 0 Å². The number of likely N-dealkylation sites (N-methyl/N-ethyl adjacent to an activating group) is 1. The van der Waals surface area contributed by atoms with Gasteiger partial charge in [-0.1, -0.05) is 26.0 Å². The zero-order valence-corrected chi connectivity index (χ0v) is 12.0. The molecule has 0 saturated heterocycles. The second-order valence-corrected chi connectivity index (χ2v) is 4.72. The summed E-state index contributed by atoms with van der Waals surface area (Å²) in [6.45, 7) is 5.04. The van der Waals surface area contributed by atoms with E-state index in [-0.39, 0.29) is 5.91 Å². The molecule has 0 aromatic heterocycles. The third kappa shape index (κ3) is 4.91. The molecular formula is C15H24N2O2. The van der Waals surface area contributed by atoms with Crippen LogP contribution in [0.3, 0.4) is 0 Å². The zero-order chi connectivity index (χ0) is 14.3. The van der Waals surface area contributed by atoms with E-state index in [0.29, 0.717) is 19.5 Å². The van der Waals surface area contributed by atoms with E-state index in [9.17, 15) is 9.90 Å². The number of carbonyl (C=O) groups excluding carboxylic acids is 1. The molecule has 4 heteroatoms. The van der Waals surface area contributed by atoms with Gasteiger partial charge in [0, 0.05) is 19.3 Å². The van der Waals surface area contributed by atoms with Crippen molar-refractivity contribution in [2.24, 2.45) is 0 Å². The van der Waals surface area contributed by atoms with Crippen molar-refractivity contribution in [2.45, 2.75) is 32.8 Å². The molecule has 0 bridgehead atoms. The number of anilines is 1. The van der Waals surface area contributed by atoms with E-state index in [1.807, 2.05) is 50.1 Å². The maximum Gasteiger partial charge on any atom is 0.239 e. The topological polar surface area (TPSA) is 52.6 Å². The largest absolute Gasteiger partial charge is 0.388 e. The monoisotopic (exact) mass is 264 g/mol. The van der Waals surface area contributed by atoms with Crippen LogP contribution in [-0.2, 0) is 4.79 Å². The first-order valence-electron chi connectivity index (χ1n) is 6.84. The first kappa shape index (κ1) is 15.5. The summed E-state index contributed by atoms with van der Waals surface area (Å²) in [5.74, 6) is 0.0296. The molecule has 0 unspecified atom stereocenters. The first-order chi connectivity index (χ1) is 9.08. The lowest BCUT2D eigenvalue weighted by atomic mass is 10.1. The van der Waals surface area contributed by atoms with Gasteiger partial charge in [-0.05, 0) is 30.5 Å². The maximum atomic E-state index is 11.6. The number of hydrogen-bond acceptors (Lipinski definition) is 3. The summed E-state index contributed by atoms with van der Waals surface area (Å²) in [6, 6.07) is 7.68. The molecule has 1 amide bonds. The molecule has 0 fully saturated rings. The van der Waals surface area contributed by atoms with Gasteiger partial charge in [-0.2, -0.15) is 0 Å². The number of nitrogens with one attached hydrogen (secondary N) is 1. The zero-order valence-electron chi connectivity index (χ0n) is 12.0. The molecule has 1 atom stereocenters. The van der Waals surface area contributed by atoms with Crippen LogP contribution < -0.4 is 10.2 Å². The lowest BCUT2D eigenvalue weighted by molar-refractivity contribution is -0.119. The van der Waals surface area contributed by atoms with Crippen LogP contribution in [0.2, 0.25) is 0 Å². The Morgan fingerprint density at radius 2 is 1.95 bits per heavy atom. The van der Waals surface area contributed by atoms with Crippen molar-refractivity contribution in [2.75, 3.05) is 25.0 Å². The number of aliphatic hydroxyl groups is 1. The lowest BCUT2D eigenvalue weighted by Gasteiger charge is -2.19. The summed E-state index contributed by atoms with van der Waals surface area (Å²) in [4.78, 5) is 13.5. The van der Waals surface area contributed by atoms with Gasteiger partial charge in [0.1, 0.15) is 0 Å². The summed E-state index contributed by atoms with van der Waals surface area (Å²) in [7, 11) is 1.89. The van der Waals surface area contributed by atoms with E-state index in [0.717, 1.165) is 17.7 Å². The van der Waals surface area contributed by atoms with Crippen molar-refractivity contribution in [3.8, 4) is 0 Å². The Kier molecular flexibility index (Phi) is 6.36. The molecule has 106 valence electrons. The molecule has 0 spiro atoms. The average Bonchev–Trinajstić information content (AvgIpc) is 2.44. The molecule has 1 rings (SSSR count). The van der Waals surface area contributed by atoms with Crippen molar-refractivity contribution in [3.63, 3.8) is 0 Å². The number of carbonyl (C=O) groups is 1. The van der Waals surface area contributed by atoms with Gasteiger partial charge in [-0.3, -0.25) is 4.79 Å². The Balaban J connectivity index is 2.57. The Bertz CT molecular complexity index is 390.